The Morgan fingerprint density at radius 2 is 2.00 bits per heavy atom. The van der Waals surface area contributed by atoms with Crippen molar-refractivity contribution in [2.45, 2.75) is 45.2 Å². The molecule has 0 saturated heterocycles. The molecule has 15 heavy (non-hydrogen) atoms. The van der Waals surface area contributed by atoms with E-state index in [1.165, 1.54) is 15.6 Å². The topological polar surface area (TPSA) is 12.0 Å². The Morgan fingerprint density at radius 1 is 1.40 bits per heavy atom. The van der Waals surface area contributed by atoms with Gasteiger partial charge in [-0.2, -0.15) is 0 Å². The molecule has 1 aliphatic heterocycles. The highest BCUT2D eigenvalue weighted by atomic mass is 79.9. The molecule has 0 amide bonds. The molecule has 0 aromatic heterocycles. The van der Waals surface area contributed by atoms with Crippen molar-refractivity contribution in [2.75, 3.05) is 0 Å². The molecule has 1 aliphatic rings. The molecule has 1 heterocycles. The summed E-state index contributed by atoms with van der Waals surface area (Å²) in [5.74, 6) is 0. The predicted molar refractivity (Wildman–Crippen MR) is 71.2 cm³/mol. The molecule has 1 rings (SSSR count). The van der Waals surface area contributed by atoms with Crippen molar-refractivity contribution >= 4 is 15.9 Å². The van der Waals surface area contributed by atoms with Crippen molar-refractivity contribution in [3.05, 3.63) is 34.9 Å². The van der Waals surface area contributed by atoms with Crippen molar-refractivity contribution < 1.29 is 0 Å². The fourth-order valence-corrected chi connectivity index (χ4v) is 2.38. The summed E-state index contributed by atoms with van der Waals surface area (Å²) >= 11 is 3.61. The van der Waals surface area contributed by atoms with E-state index in [9.17, 15) is 0 Å². The van der Waals surface area contributed by atoms with Crippen molar-refractivity contribution in [3.8, 4) is 0 Å². The number of nitrogens with one attached hydrogen (secondary N) is 1. The van der Waals surface area contributed by atoms with Gasteiger partial charge in [0.1, 0.15) is 0 Å². The molecule has 0 radical (unpaired) electrons. The highest BCUT2D eigenvalue weighted by Gasteiger charge is 2.21. The molecule has 0 aromatic rings. The van der Waals surface area contributed by atoms with Crippen LogP contribution in [0.25, 0.3) is 0 Å². The van der Waals surface area contributed by atoms with Crippen LogP contribution in [0.1, 0.15) is 33.1 Å². The molecule has 0 saturated carbocycles. The number of hydrogen-bond acceptors (Lipinski definition) is 1. The van der Waals surface area contributed by atoms with Crippen LogP contribution < -0.4 is 5.32 Å². The Hall–Kier alpha value is -0.340. The zero-order chi connectivity index (χ0) is 11.4. The zero-order valence-electron chi connectivity index (χ0n) is 9.65. The van der Waals surface area contributed by atoms with Crippen LogP contribution in [0.15, 0.2) is 34.9 Å². The average Bonchev–Trinajstić information content (AvgIpc) is 2.09. The van der Waals surface area contributed by atoms with Gasteiger partial charge in [0, 0.05) is 16.6 Å². The Kier molecular flexibility index (Phi) is 4.81. The van der Waals surface area contributed by atoms with E-state index >= 15 is 0 Å². The molecular weight excluding hydrogens is 250 g/mol. The summed E-state index contributed by atoms with van der Waals surface area (Å²) in [6.45, 7) is 12.1. The van der Waals surface area contributed by atoms with E-state index in [-0.39, 0.29) is 0 Å². The Morgan fingerprint density at radius 3 is 2.53 bits per heavy atom. The van der Waals surface area contributed by atoms with Crippen LogP contribution in [0.4, 0.5) is 0 Å². The first-order valence-corrected chi connectivity index (χ1v) is 6.18. The molecule has 2 atom stereocenters. The minimum Gasteiger partial charge on any atom is -0.306 e. The van der Waals surface area contributed by atoms with Gasteiger partial charge < -0.3 is 5.32 Å². The quantitative estimate of drug-likeness (QED) is 0.763. The molecule has 0 fully saturated rings. The van der Waals surface area contributed by atoms with E-state index in [2.05, 4.69) is 54.3 Å². The molecule has 0 spiro atoms. The molecule has 84 valence electrons. The van der Waals surface area contributed by atoms with Crippen LogP contribution in [-0.4, -0.2) is 12.1 Å². The van der Waals surface area contributed by atoms with Crippen molar-refractivity contribution in [2.24, 2.45) is 0 Å². The minimum absolute atomic E-state index is 0.403. The fraction of sp³-hybridized carbons (Fsp3) is 0.538. The highest BCUT2D eigenvalue weighted by molar-refractivity contribution is 9.11. The van der Waals surface area contributed by atoms with Crippen molar-refractivity contribution in [1.29, 1.82) is 0 Å². The second-order valence-electron chi connectivity index (χ2n) is 4.56. The standard InChI is InChI=1S/C13H20BrN/c1-9(2)7-11-5-6-12(14)13(15-11)8-10(3)4/h6,11,13,15H,1,3,5,7-8H2,2,4H3/t11-,13-/m1/s1. The smallest absolute Gasteiger partial charge is 0.0422 e. The SMILES string of the molecule is C=C(C)C[C@H]1CC=C(Br)[C@@H](CC(=C)C)N1. The maximum atomic E-state index is 3.96. The normalized spacial score (nSPS) is 25.9. The molecule has 0 aliphatic carbocycles. The van der Waals surface area contributed by atoms with Crippen LogP contribution >= 0.6 is 15.9 Å². The van der Waals surface area contributed by atoms with E-state index in [1.54, 1.807) is 0 Å². The van der Waals surface area contributed by atoms with Crippen LogP contribution in [0.2, 0.25) is 0 Å². The average molecular weight is 270 g/mol. The van der Waals surface area contributed by atoms with E-state index in [4.69, 9.17) is 0 Å². The third kappa shape index (κ3) is 4.35. The van der Waals surface area contributed by atoms with Crippen molar-refractivity contribution in [3.63, 3.8) is 0 Å². The number of hydrogen-bond donors (Lipinski definition) is 1. The Bertz CT molecular complexity index is 291. The molecule has 0 aromatic carbocycles. The van der Waals surface area contributed by atoms with Crippen LogP contribution in [-0.2, 0) is 0 Å². The first-order valence-electron chi connectivity index (χ1n) is 5.39. The third-order valence-electron chi connectivity index (χ3n) is 2.51. The predicted octanol–water partition coefficient (Wildman–Crippen LogP) is 3.93. The van der Waals surface area contributed by atoms with Gasteiger partial charge in [0.15, 0.2) is 0 Å². The van der Waals surface area contributed by atoms with Crippen LogP contribution in [0.3, 0.4) is 0 Å². The largest absolute Gasteiger partial charge is 0.306 e. The van der Waals surface area contributed by atoms with E-state index in [1.807, 2.05) is 0 Å². The number of rotatable bonds is 4. The van der Waals surface area contributed by atoms with Gasteiger partial charge in [-0.3, -0.25) is 0 Å². The van der Waals surface area contributed by atoms with Gasteiger partial charge in [-0.25, -0.2) is 0 Å². The molecular formula is C13H20BrN. The van der Waals surface area contributed by atoms with Gasteiger partial charge in [-0.05, 0) is 33.1 Å². The van der Waals surface area contributed by atoms with Gasteiger partial charge in [0.05, 0.1) is 0 Å². The summed E-state index contributed by atoms with van der Waals surface area (Å²) in [6, 6.07) is 0.939. The molecule has 0 bridgehead atoms. The minimum atomic E-state index is 0.403. The summed E-state index contributed by atoms with van der Waals surface area (Å²) < 4.78 is 1.27. The summed E-state index contributed by atoms with van der Waals surface area (Å²) in [7, 11) is 0. The Balaban J connectivity index is 2.57. The van der Waals surface area contributed by atoms with E-state index in [0.29, 0.717) is 12.1 Å². The van der Waals surface area contributed by atoms with Crippen LogP contribution in [0.5, 0.6) is 0 Å². The van der Waals surface area contributed by atoms with Crippen molar-refractivity contribution in [1.82, 2.24) is 5.32 Å². The van der Waals surface area contributed by atoms with E-state index < -0.39 is 0 Å². The fourth-order valence-electron chi connectivity index (χ4n) is 1.90. The van der Waals surface area contributed by atoms with E-state index in [0.717, 1.165) is 19.3 Å². The summed E-state index contributed by atoms with van der Waals surface area (Å²) in [5.41, 5.74) is 2.46. The van der Waals surface area contributed by atoms with Gasteiger partial charge in [-0.15, -0.1) is 13.2 Å². The lowest BCUT2D eigenvalue weighted by atomic mass is 9.97. The third-order valence-corrected chi connectivity index (χ3v) is 3.39. The molecule has 2 heteroatoms. The summed E-state index contributed by atoms with van der Waals surface area (Å²) in [4.78, 5) is 0. The lowest BCUT2D eigenvalue weighted by Gasteiger charge is -2.30. The lowest BCUT2D eigenvalue weighted by Crippen LogP contribution is -2.41. The maximum absolute atomic E-state index is 3.96. The number of halogens is 1. The first-order chi connectivity index (χ1) is 6.99. The van der Waals surface area contributed by atoms with Gasteiger partial charge in [0.2, 0.25) is 0 Å². The van der Waals surface area contributed by atoms with Gasteiger partial charge in [0.25, 0.3) is 0 Å². The van der Waals surface area contributed by atoms with Gasteiger partial charge in [-0.1, -0.05) is 33.2 Å². The lowest BCUT2D eigenvalue weighted by molar-refractivity contribution is 0.442. The zero-order valence-corrected chi connectivity index (χ0v) is 11.2. The highest BCUT2D eigenvalue weighted by Crippen LogP contribution is 2.25. The first kappa shape index (κ1) is 12.7. The summed E-state index contributed by atoms with van der Waals surface area (Å²) in [6.07, 6.45) is 5.42. The van der Waals surface area contributed by atoms with Crippen LogP contribution in [0, 0.1) is 0 Å². The molecule has 0 unspecified atom stereocenters. The second-order valence-corrected chi connectivity index (χ2v) is 5.48. The monoisotopic (exact) mass is 269 g/mol. The second kappa shape index (κ2) is 5.66. The maximum Gasteiger partial charge on any atom is 0.0422 e. The molecule has 1 N–H and O–H groups in total. The summed E-state index contributed by atoms with van der Waals surface area (Å²) in [5, 5.41) is 3.63. The van der Waals surface area contributed by atoms with Gasteiger partial charge >= 0.3 is 0 Å². The molecule has 1 nitrogen and oxygen atoms in total. The Labute approximate surface area is 101 Å².